The Morgan fingerprint density at radius 3 is 1.83 bits per heavy atom. The van der Waals surface area contributed by atoms with E-state index in [2.05, 4.69) is 0 Å². The quantitative estimate of drug-likeness (QED) is 0.521. The number of hydrogen-bond acceptors (Lipinski definition) is 3. The van der Waals surface area contributed by atoms with E-state index in [9.17, 15) is 29.7 Å². The highest BCUT2D eigenvalue weighted by Gasteiger charge is 2.35. The van der Waals surface area contributed by atoms with Crippen molar-refractivity contribution >= 4 is 45.5 Å². The van der Waals surface area contributed by atoms with Gasteiger partial charge in [-0.15, -0.1) is 0 Å². The predicted molar refractivity (Wildman–Crippen MR) is 112 cm³/mol. The highest BCUT2D eigenvalue weighted by Crippen LogP contribution is 2.45. The van der Waals surface area contributed by atoms with Gasteiger partial charge in [0.05, 0.1) is 19.3 Å². The van der Waals surface area contributed by atoms with Crippen LogP contribution in [0.1, 0.15) is 36.3 Å². The van der Waals surface area contributed by atoms with Gasteiger partial charge in [-0.1, -0.05) is 42.0 Å². The number of rotatable bonds is 6. The third-order valence-corrected chi connectivity index (χ3v) is 5.75. The number of aliphatic carboxylic acids is 3. The molecule has 0 aromatic heterocycles. The molecule has 0 heterocycles. The van der Waals surface area contributed by atoms with Gasteiger partial charge in [-0.05, 0) is 56.8 Å². The van der Waals surface area contributed by atoms with Crippen molar-refractivity contribution in [1.29, 1.82) is 0 Å². The van der Waals surface area contributed by atoms with Crippen LogP contribution in [0, 0.1) is 5.92 Å². The second-order valence-corrected chi connectivity index (χ2v) is 7.73. The van der Waals surface area contributed by atoms with Crippen molar-refractivity contribution < 1.29 is 29.7 Å². The summed E-state index contributed by atoms with van der Waals surface area (Å²) in [6.07, 6.45) is 0.834. The van der Waals surface area contributed by atoms with Crippen LogP contribution in [0.25, 0.3) is 27.6 Å². The lowest BCUT2D eigenvalue weighted by Gasteiger charge is -2.33. The van der Waals surface area contributed by atoms with E-state index in [1.165, 1.54) is 0 Å². The Hall–Kier alpha value is -3.67. The second-order valence-electron chi connectivity index (χ2n) is 7.73. The van der Waals surface area contributed by atoms with Gasteiger partial charge in [0, 0.05) is 5.92 Å². The number of benzene rings is 3. The van der Waals surface area contributed by atoms with E-state index in [-0.39, 0.29) is 19.3 Å². The van der Waals surface area contributed by atoms with Crippen LogP contribution in [0.15, 0.2) is 54.1 Å². The molecule has 0 saturated heterocycles. The highest BCUT2D eigenvalue weighted by atomic mass is 16.4. The van der Waals surface area contributed by atoms with Crippen molar-refractivity contribution in [2.75, 3.05) is 0 Å². The molecule has 30 heavy (non-hydrogen) atoms. The smallest absolute Gasteiger partial charge is 0.307 e. The van der Waals surface area contributed by atoms with Crippen LogP contribution in [-0.2, 0) is 14.4 Å². The second kappa shape index (κ2) is 7.63. The largest absolute Gasteiger partial charge is 0.481 e. The normalized spacial score (nSPS) is 18.1. The van der Waals surface area contributed by atoms with E-state index in [4.69, 9.17) is 0 Å². The lowest BCUT2D eigenvalue weighted by atomic mass is 9.70. The zero-order chi connectivity index (χ0) is 21.4. The standard InChI is InChI=1S/C24H20O6/c25-22(26)10-18-8-17-7-15-5-13-3-1-2-4-14(13)6-16(15)9-19(17)21(12-24(29)30)20(18)11-23(27)28/h1-9,20-21H,10-12H2,(H,25,26)(H,27,28)(H,29,30). The first kappa shape index (κ1) is 19.6. The molecule has 0 bridgehead atoms. The van der Waals surface area contributed by atoms with Crippen LogP contribution in [0.4, 0.5) is 0 Å². The predicted octanol–water partition coefficient (Wildman–Crippen LogP) is 4.51. The van der Waals surface area contributed by atoms with Crippen LogP contribution >= 0.6 is 0 Å². The minimum absolute atomic E-state index is 0.263. The summed E-state index contributed by atoms with van der Waals surface area (Å²) in [5.74, 6) is -4.48. The molecule has 152 valence electrons. The lowest BCUT2D eigenvalue weighted by Crippen LogP contribution is -2.26. The topological polar surface area (TPSA) is 112 Å². The van der Waals surface area contributed by atoms with Gasteiger partial charge < -0.3 is 15.3 Å². The monoisotopic (exact) mass is 404 g/mol. The number of fused-ring (bicyclic) bond motifs is 3. The van der Waals surface area contributed by atoms with Crippen LogP contribution in [0.5, 0.6) is 0 Å². The van der Waals surface area contributed by atoms with Crippen LogP contribution < -0.4 is 0 Å². The molecule has 1 aliphatic rings. The zero-order valence-corrected chi connectivity index (χ0v) is 16.0. The molecule has 6 heteroatoms. The van der Waals surface area contributed by atoms with Crippen molar-refractivity contribution in [3.8, 4) is 0 Å². The SMILES string of the molecule is O=C(O)CC1=Cc2cc3cc4ccccc4cc3cc2C(CC(=O)O)C1CC(=O)O. The van der Waals surface area contributed by atoms with Gasteiger partial charge >= 0.3 is 17.9 Å². The van der Waals surface area contributed by atoms with Crippen LogP contribution in [0.2, 0.25) is 0 Å². The van der Waals surface area contributed by atoms with Gasteiger partial charge in [-0.3, -0.25) is 14.4 Å². The summed E-state index contributed by atoms with van der Waals surface area (Å²) in [7, 11) is 0. The fourth-order valence-corrected chi connectivity index (χ4v) is 4.51. The molecule has 3 aromatic carbocycles. The van der Waals surface area contributed by atoms with Gasteiger partial charge in [0.25, 0.3) is 0 Å². The molecule has 2 atom stereocenters. The number of carboxylic acids is 3. The molecule has 3 N–H and O–H groups in total. The van der Waals surface area contributed by atoms with Gasteiger partial charge in [0.1, 0.15) is 0 Å². The fourth-order valence-electron chi connectivity index (χ4n) is 4.51. The molecule has 3 aromatic rings. The van der Waals surface area contributed by atoms with Gasteiger partial charge in [-0.2, -0.15) is 0 Å². The molecular weight excluding hydrogens is 384 g/mol. The Balaban J connectivity index is 1.94. The molecule has 0 radical (unpaired) electrons. The summed E-state index contributed by atoms with van der Waals surface area (Å²) in [5, 5.41) is 32.2. The van der Waals surface area contributed by atoms with Crippen molar-refractivity contribution in [3.63, 3.8) is 0 Å². The molecule has 0 amide bonds. The maximum atomic E-state index is 11.6. The van der Waals surface area contributed by atoms with Crippen molar-refractivity contribution in [3.05, 3.63) is 65.2 Å². The number of carbonyl (C=O) groups is 3. The Kier molecular flexibility index (Phi) is 4.99. The molecule has 2 unspecified atom stereocenters. The Morgan fingerprint density at radius 1 is 0.700 bits per heavy atom. The summed E-state index contributed by atoms with van der Waals surface area (Å²) in [5.41, 5.74) is 1.95. The summed E-state index contributed by atoms with van der Waals surface area (Å²) in [4.78, 5) is 34.5. The maximum Gasteiger partial charge on any atom is 0.307 e. The van der Waals surface area contributed by atoms with Crippen LogP contribution in [-0.4, -0.2) is 33.2 Å². The molecular formula is C24H20O6. The summed E-state index contributed by atoms with van der Waals surface area (Å²) in [6, 6.07) is 15.9. The lowest BCUT2D eigenvalue weighted by molar-refractivity contribution is -0.141. The first-order valence-corrected chi connectivity index (χ1v) is 9.64. The fraction of sp³-hybridized carbons (Fsp3) is 0.208. The maximum absolute atomic E-state index is 11.6. The Bertz CT molecular complexity index is 1220. The molecule has 0 spiro atoms. The zero-order valence-electron chi connectivity index (χ0n) is 16.0. The van der Waals surface area contributed by atoms with E-state index >= 15 is 0 Å². The van der Waals surface area contributed by atoms with Crippen molar-refractivity contribution in [2.45, 2.75) is 25.2 Å². The molecule has 6 nitrogen and oxygen atoms in total. The van der Waals surface area contributed by atoms with Crippen molar-refractivity contribution in [2.24, 2.45) is 5.92 Å². The van der Waals surface area contributed by atoms with Crippen molar-refractivity contribution in [1.82, 2.24) is 0 Å². The summed E-state index contributed by atoms with van der Waals surface area (Å²) < 4.78 is 0. The summed E-state index contributed by atoms with van der Waals surface area (Å²) in [6.45, 7) is 0. The first-order chi connectivity index (χ1) is 14.3. The van der Waals surface area contributed by atoms with Gasteiger partial charge in [0.15, 0.2) is 0 Å². The molecule has 1 aliphatic carbocycles. The minimum atomic E-state index is -1.08. The van der Waals surface area contributed by atoms with Crippen LogP contribution in [0.3, 0.4) is 0 Å². The average molecular weight is 404 g/mol. The molecule has 0 saturated carbocycles. The summed E-state index contributed by atoms with van der Waals surface area (Å²) >= 11 is 0. The van der Waals surface area contributed by atoms with E-state index < -0.39 is 29.7 Å². The molecule has 4 rings (SSSR count). The Morgan fingerprint density at radius 2 is 1.27 bits per heavy atom. The minimum Gasteiger partial charge on any atom is -0.481 e. The van der Waals surface area contributed by atoms with E-state index in [1.807, 2.05) is 48.5 Å². The number of hydrogen-bond donors (Lipinski definition) is 3. The molecule has 0 fully saturated rings. The third kappa shape index (κ3) is 3.76. The first-order valence-electron chi connectivity index (χ1n) is 9.64. The van der Waals surface area contributed by atoms with E-state index in [0.717, 1.165) is 32.7 Å². The highest BCUT2D eigenvalue weighted by molar-refractivity contribution is 5.99. The third-order valence-electron chi connectivity index (χ3n) is 5.75. The number of carboxylic acid groups (broad SMARTS) is 3. The Labute approximate surface area is 172 Å². The van der Waals surface area contributed by atoms with E-state index in [1.54, 1.807) is 6.08 Å². The average Bonchev–Trinajstić information content (AvgIpc) is 2.66. The van der Waals surface area contributed by atoms with Gasteiger partial charge in [-0.25, -0.2) is 0 Å². The molecule has 0 aliphatic heterocycles. The van der Waals surface area contributed by atoms with E-state index in [0.29, 0.717) is 5.57 Å². The van der Waals surface area contributed by atoms with Gasteiger partial charge in [0.2, 0.25) is 0 Å².